The summed E-state index contributed by atoms with van der Waals surface area (Å²) in [5.41, 5.74) is 0.651. The normalized spacial score (nSPS) is 18.5. The Labute approximate surface area is 325 Å². The van der Waals surface area contributed by atoms with Crippen molar-refractivity contribution in [2.24, 2.45) is 0 Å². The van der Waals surface area contributed by atoms with E-state index in [9.17, 15) is 33.9 Å². The van der Waals surface area contributed by atoms with Gasteiger partial charge in [-0.25, -0.2) is 29.6 Å². The maximum Gasteiger partial charge on any atom is 0.412 e. The molecule has 2 fully saturated rings. The molecule has 4 aromatic heterocycles. The van der Waals surface area contributed by atoms with Crippen LogP contribution in [-0.4, -0.2) is 119 Å². The molecule has 8 rings (SSSR count). The van der Waals surface area contributed by atoms with Crippen molar-refractivity contribution >= 4 is 81.5 Å². The molecule has 0 radical (unpaired) electrons. The number of anilines is 2. The predicted octanol–water partition coefficient (Wildman–Crippen LogP) is 1.71. The molecule has 6 amide bonds. The van der Waals surface area contributed by atoms with Gasteiger partial charge in [0, 0.05) is 63.4 Å². The summed E-state index contributed by atoms with van der Waals surface area (Å²) < 4.78 is 5.53. The summed E-state index contributed by atoms with van der Waals surface area (Å²) in [6, 6.07) is 6.24. The van der Waals surface area contributed by atoms with Gasteiger partial charge in [0.25, 0.3) is 11.8 Å². The Morgan fingerprint density at radius 2 is 1.18 bits per heavy atom. The molecule has 4 aromatic rings. The van der Waals surface area contributed by atoms with E-state index in [0.29, 0.717) is 42.0 Å². The number of aromatic nitrogens is 6. The molecule has 20 nitrogen and oxygen atoms in total. The van der Waals surface area contributed by atoms with E-state index in [4.69, 9.17) is 39.5 Å². The second kappa shape index (κ2) is 16.9. The number of amides is 6. The van der Waals surface area contributed by atoms with Crippen molar-refractivity contribution in [1.82, 2.24) is 50.3 Å². The highest BCUT2D eigenvalue weighted by atomic mass is 35.5. The van der Waals surface area contributed by atoms with Crippen molar-refractivity contribution in [2.45, 2.75) is 12.5 Å². The smallest absolute Gasteiger partial charge is 0.412 e. The number of halogens is 3. The lowest BCUT2D eigenvalue weighted by atomic mass is 10.3. The standard InChI is InChI=1S/C16H13ClN6O4.C11H7ClN4O2.C5H7ClN2O2/c17-9-1-2-10(21-7-9)23-14(25)12-13(20-4-3-19-12)15(23)27-16(26)22-6-5-18-11(24)8-22;12-6-1-2-7(15-5-6)16-10(17)8-9(11(16)18)14-4-3-13-8;6-5(10)8-2-1-7-4(9)3-8/h1-4,7,15H,5-6,8H2,(H,18,24);1-5,10,17H;1-3H2,(H,7,9). The second-order valence-corrected chi connectivity index (χ2v) is 12.7. The average molecular weight is 814 g/mol. The third-order valence-corrected chi connectivity index (χ3v) is 8.65. The molecule has 4 aliphatic heterocycles. The lowest BCUT2D eigenvalue weighted by molar-refractivity contribution is -0.124. The number of aliphatic hydroxyl groups excluding tert-OH is 1. The van der Waals surface area contributed by atoms with Crippen LogP contribution in [-0.2, 0) is 14.3 Å². The van der Waals surface area contributed by atoms with Crippen molar-refractivity contribution in [3.63, 3.8) is 0 Å². The highest BCUT2D eigenvalue weighted by Crippen LogP contribution is 2.36. The van der Waals surface area contributed by atoms with E-state index in [0.717, 1.165) is 4.90 Å². The van der Waals surface area contributed by atoms with Crippen molar-refractivity contribution < 1.29 is 38.6 Å². The van der Waals surface area contributed by atoms with Gasteiger partial charge in [-0.2, -0.15) is 0 Å². The van der Waals surface area contributed by atoms with Crippen molar-refractivity contribution in [3.05, 3.63) is 94.3 Å². The lowest BCUT2D eigenvalue weighted by Crippen LogP contribution is -2.50. The molecule has 0 aliphatic carbocycles. The molecule has 2 atom stereocenters. The summed E-state index contributed by atoms with van der Waals surface area (Å²) in [5, 5.41) is 15.6. The second-order valence-electron chi connectivity index (χ2n) is 11.5. The maximum absolute atomic E-state index is 12.8. The number of piperazine rings is 2. The number of ether oxygens (including phenoxy) is 1. The van der Waals surface area contributed by atoms with Gasteiger partial charge in [0.1, 0.15) is 36.1 Å². The van der Waals surface area contributed by atoms with Gasteiger partial charge in [-0.3, -0.25) is 43.7 Å². The highest BCUT2D eigenvalue weighted by molar-refractivity contribution is 6.62. The Hall–Kier alpha value is -6.09. The fourth-order valence-electron chi connectivity index (χ4n) is 5.42. The lowest BCUT2D eigenvalue weighted by Gasteiger charge is -2.29. The minimum absolute atomic E-state index is 0.0726. The Kier molecular flexibility index (Phi) is 11.9. The van der Waals surface area contributed by atoms with Crippen LogP contribution in [0.15, 0.2) is 61.4 Å². The van der Waals surface area contributed by atoms with Gasteiger partial charge in [0.05, 0.1) is 10.0 Å². The van der Waals surface area contributed by atoms with Crippen LogP contribution in [0.4, 0.5) is 21.2 Å². The van der Waals surface area contributed by atoms with E-state index in [1.165, 1.54) is 57.9 Å². The average Bonchev–Trinajstić information content (AvgIpc) is 3.61. The van der Waals surface area contributed by atoms with Crippen molar-refractivity contribution in [3.8, 4) is 0 Å². The molecule has 0 spiro atoms. The Balaban J connectivity index is 0.000000157. The molecule has 23 heteroatoms. The fraction of sp³-hybridized carbons (Fsp3) is 0.250. The van der Waals surface area contributed by atoms with Crippen molar-refractivity contribution in [2.75, 3.05) is 49.1 Å². The molecule has 3 N–H and O–H groups in total. The van der Waals surface area contributed by atoms with E-state index < -0.39 is 35.7 Å². The fourth-order valence-corrected chi connectivity index (χ4v) is 5.79. The zero-order chi connectivity index (χ0) is 39.2. The largest absolute Gasteiger partial charge is 0.419 e. The Morgan fingerprint density at radius 3 is 1.69 bits per heavy atom. The molecule has 0 saturated carbocycles. The Bertz CT molecular complexity index is 2130. The molecule has 2 saturated heterocycles. The number of pyridine rings is 2. The molecule has 0 aromatic carbocycles. The number of aliphatic hydroxyl groups is 1. The zero-order valence-electron chi connectivity index (χ0n) is 28.1. The van der Waals surface area contributed by atoms with Crippen LogP contribution < -0.4 is 20.4 Å². The van der Waals surface area contributed by atoms with Gasteiger partial charge in [-0.15, -0.1) is 0 Å². The molecule has 284 valence electrons. The number of rotatable bonds is 3. The molecule has 8 heterocycles. The van der Waals surface area contributed by atoms with Gasteiger partial charge in [-0.1, -0.05) is 23.2 Å². The van der Waals surface area contributed by atoms with Crippen LogP contribution in [0.25, 0.3) is 0 Å². The summed E-state index contributed by atoms with van der Waals surface area (Å²) in [5.74, 6) is -0.824. The van der Waals surface area contributed by atoms with Crippen LogP contribution in [0.1, 0.15) is 44.8 Å². The molecule has 4 aliphatic rings. The molecule has 0 bridgehead atoms. The summed E-state index contributed by atoms with van der Waals surface area (Å²) in [6.45, 7) is 1.61. The highest BCUT2D eigenvalue weighted by Gasteiger charge is 2.44. The quantitative estimate of drug-likeness (QED) is 0.197. The predicted molar refractivity (Wildman–Crippen MR) is 191 cm³/mol. The number of carbonyl (C=O) groups excluding carboxylic acids is 6. The van der Waals surface area contributed by atoms with E-state index in [2.05, 4.69) is 40.5 Å². The van der Waals surface area contributed by atoms with Gasteiger partial charge in [0.2, 0.25) is 18.0 Å². The monoisotopic (exact) mass is 812 g/mol. The molecular weight excluding hydrogens is 787 g/mol. The minimum Gasteiger partial charge on any atom is -0.419 e. The SMILES string of the molecule is O=C1CN(C(=O)Cl)CCN1.O=C1CN(C(=O)OC2c3nccnc3C(=O)N2c2ccc(Cl)cn2)CCN1.O=C1c2nccnc2C(O)N1c1ccc(Cl)cn1. The number of fused-ring (bicyclic) bond motifs is 2. The van der Waals surface area contributed by atoms with E-state index >= 15 is 0 Å². The molecular formula is C32H27Cl3N12O8. The van der Waals surface area contributed by atoms with Crippen LogP contribution in [0.3, 0.4) is 0 Å². The molecule has 2 unspecified atom stereocenters. The third-order valence-electron chi connectivity index (χ3n) is 7.97. The van der Waals surface area contributed by atoms with E-state index in [1.54, 1.807) is 18.2 Å². The van der Waals surface area contributed by atoms with Crippen molar-refractivity contribution in [1.29, 1.82) is 0 Å². The maximum atomic E-state index is 12.8. The van der Waals surface area contributed by atoms with Gasteiger partial charge < -0.3 is 25.4 Å². The Morgan fingerprint density at radius 1 is 0.691 bits per heavy atom. The van der Waals surface area contributed by atoms with Gasteiger partial charge >= 0.3 is 11.5 Å². The third kappa shape index (κ3) is 8.67. The molecule has 55 heavy (non-hydrogen) atoms. The summed E-state index contributed by atoms with van der Waals surface area (Å²) in [4.78, 5) is 99.0. The zero-order valence-corrected chi connectivity index (χ0v) is 30.3. The van der Waals surface area contributed by atoms with Gasteiger partial charge in [0.15, 0.2) is 17.6 Å². The number of hydrogen-bond acceptors (Lipinski definition) is 14. The van der Waals surface area contributed by atoms with Crippen LogP contribution in [0, 0.1) is 0 Å². The van der Waals surface area contributed by atoms with Crippen LogP contribution >= 0.6 is 34.8 Å². The summed E-state index contributed by atoms with van der Waals surface area (Å²) in [7, 11) is 0. The topological polar surface area (TPSA) is 246 Å². The minimum atomic E-state index is -1.17. The number of nitrogens with one attached hydrogen (secondary N) is 2. The van der Waals surface area contributed by atoms with Crippen LogP contribution in [0.2, 0.25) is 10.0 Å². The summed E-state index contributed by atoms with van der Waals surface area (Å²) >= 11 is 16.7. The first-order chi connectivity index (χ1) is 26.4. The van der Waals surface area contributed by atoms with Crippen LogP contribution in [0.5, 0.6) is 0 Å². The number of carbonyl (C=O) groups is 6. The van der Waals surface area contributed by atoms with E-state index in [-0.39, 0.29) is 53.5 Å². The number of hydrogen-bond donors (Lipinski definition) is 3. The summed E-state index contributed by atoms with van der Waals surface area (Å²) in [6.07, 6.45) is 5.34. The van der Waals surface area contributed by atoms with E-state index in [1.807, 2.05) is 0 Å². The van der Waals surface area contributed by atoms with Gasteiger partial charge in [-0.05, 0) is 35.9 Å². The first-order valence-corrected chi connectivity index (χ1v) is 17.2. The first-order valence-electron chi connectivity index (χ1n) is 16.1. The number of nitrogens with zero attached hydrogens (tertiary/aromatic N) is 10. The first kappa shape index (κ1) is 38.6.